The zero-order valence-corrected chi connectivity index (χ0v) is 15.6. The first-order valence-corrected chi connectivity index (χ1v) is 8.95. The van der Waals surface area contributed by atoms with Crippen LogP contribution < -0.4 is 0 Å². The highest BCUT2D eigenvalue weighted by Crippen LogP contribution is 2.32. The van der Waals surface area contributed by atoms with Crippen molar-refractivity contribution in [2.24, 2.45) is 4.99 Å². The van der Waals surface area contributed by atoms with Gasteiger partial charge in [0.15, 0.2) is 0 Å². The van der Waals surface area contributed by atoms with E-state index in [-0.39, 0.29) is 11.4 Å². The largest absolute Gasteiger partial charge is 0.278 e. The van der Waals surface area contributed by atoms with Gasteiger partial charge in [0.25, 0.3) is 0 Å². The summed E-state index contributed by atoms with van der Waals surface area (Å²) in [6.07, 6.45) is 2.65. The molecule has 3 aromatic rings. The molecule has 2 nitrogen and oxygen atoms in total. The Hall–Kier alpha value is -1.82. The molecule has 0 aliphatic carbocycles. The van der Waals surface area contributed by atoms with Crippen molar-refractivity contribution in [2.45, 2.75) is 25.8 Å². The number of nitrogens with zero attached hydrogens (tertiary/aromatic N) is 2. The molecule has 4 heteroatoms. The molecule has 0 saturated carbocycles. The molecule has 1 aliphatic rings. The minimum absolute atomic E-state index is 0.166. The number of halogens is 2. The third kappa shape index (κ3) is 2.62. The van der Waals surface area contributed by atoms with Gasteiger partial charge < -0.3 is 0 Å². The normalized spacial score (nSPS) is 15.9. The van der Waals surface area contributed by atoms with Crippen LogP contribution in [0, 0.1) is 9.39 Å². The molecule has 0 atom stereocenters. The van der Waals surface area contributed by atoms with Crippen LogP contribution in [0.2, 0.25) is 0 Å². The molecule has 2 heterocycles. The van der Waals surface area contributed by atoms with Gasteiger partial charge in [-0.15, -0.1) is 0 Å². The van der Waals surface area contributed by atoms with E-state index in [2.05, 4.69) is 59.6 Å². The van der Waals surface area contributed by atoms with Crippen molar-refractivity contribution < 1.29 is 4.39 Å². The van der Waals surface area contributed by atoms with Gasteiger partial charge in [0.05, 0.1) is 11.3 Å². The summed E-state index contributed by atoms with van der Waals surface area (Å²) in [5.74, 6) is -0.292. The lowest BCUT2D eigenvalue weighted by Crippen LogP contribution is -2.30. The maximum atomic E-state index is 13.9. The molecule has 120 valence electrons. The van der Waals surface area contributed by atoms with Crippen molar-refractivity contribution in [3.8, 4) is 0 Å². The Morgan fingerprint density at radius 1 is 1.12 bits per heavy atom. The average Bonchev–Trinajstić information content (AvgIpc) is 2.54. The van der Waals surface area contributed by atoms with Crippen LogP contribution in [0.5, 0.6) is 0 Å². The van der Waals surface area contributed by atoms with Gasteiger partial charge in [0.2, 0.25) is 0 Å². The smallest absolute Gasteiger partial charge is 0.149 e. The Kier molecular flexibility index (Phi) is 3.67. The van der Waals surface area contributed by atoms with Crippen LogP contribution in [0.4, 0.5) is 4.39 Å². The number of aliphatic imine (C=N–C) groups is 1. The van der Waals surface area contributed by atoms with Crippen LogP contribution >= 0.6 is 22.6 Å². The van der Waals surface area contributed by atoms with Crippen LogP contribution in [0.15, 0.2) is 53.7 Å². The fraction of sp³-hybridized carbons (Fsp3) is 0.200. The van der Waals surface area contributed by atoms with Gasteiger partial charge in [-0.2, -0.15) is 0 Å². The number of rotatable bonds is 1. The summed E-state index contributed by atoms with van der Waals surface area (Å²) in [6.45, 7) is 4.29. The molecule has 2 aromatic carbocycles. The van der Waals surface area contributed by atoms with Gasteiger partial charge in [-0.3, -0.25) is 9.98 Å². The number of pyridine rings is 1. The highest BCUT2D eigenvalue weighted by atomic mass is 127. The van der Waals surface area contributed by atoms with E-state index in [1.54, 1.807) is 12.3 Å². The predicted octanol–water partition coefficient (Wildman–Crippen LogP) is 5.15. The number of hydrogen-bond acceptors (Lipinski definition) is 2. The molecule has 0 fully saturated rings. The van der Waals surface area contributed by atoms with Crippen LogP contribution in [0.1, 0.15) is 30.5 Å². The maximum Gasteiger partial charge on any atom is 0.149 e. The highest BCUT2D eigenvalue weighted by molar-refractivity contribution is 14.1. The summed E-state index contributed by atoms with van der Waals surface area (Å²) in [7, 11) is 0. The first-order valence-electron chi connectivity index (χ1n) is 7.87. The molecule has 0 spiro atoms. The molecule has 1 aromatic heterocycles. The molecule has 0 bridgehead atoms. The number of para-hydroxylation sites is 1. The second kappa shape index (κ2) is 5.62. The van der Waals surface area contributed by atoms with Crippen molar-refractivity contribution in [1.82, 2.24) is 4.98 Å². The third-order valence-corrected chi connectivity index (χ3v) is 5.34. The summed E-state index contributed by atoms with van der Waals surface area (Å²) in [5.41, 5.74) is 4.59. The van der Waals surface area contributed by atoms with E-state index in [0.29, 0.717) is 5.52 Å². The molecule has 4 rings (SSSR count). The molecule has 24 heavy (non-hydrogen) atoms. The summed E-state index contributed by atoms with van der Waals surface area (Å²) in [5, 5.41) is 0.797. The first-order chi connectivity index (χ1) is 11.4. The highest BCUT2D eigenvalue weighted by Gasteiger charge is 2.28. The second-order valence-electron chi connectivity index (χ2n) is 6.75. The van der Waals surface area contributed by atoms with Gasteiger partial charge in [-0.25, -0.2) is 4.39 Å². The molecular formula is C20H16FIN2. The zero-order chi connectivity index (χ0) is 16.9. The molecule has 0 saturated heterocycles. The Morgan fingerprint density at radius 3 is 2.75 bits per heavy atom. The molecule has 0 N–H and O–H groups in total. The predicted molar refractivity (Wildman–Crippen MR) is 104 cm³/mol. The minimum Gasteiger partial charge on any atom is -0.278 e. The quantitative estimate of drug-likeness (QED) is 0.491. The molecule has 0 amide bonds. The lowest BCUT2D eigenvalue weighted by Gasteiger charge is -2.30. The Morgan fingerprint density at radius 2 is 1.92 bits per heavy atom. The molecule has 0 radical (unpaired) electrons. The van der Waals surface area contributed by atoms with E-state index in [9.17, 15) is 4.39 Å². The number of hydrogen-bond donors (Lipinski definition) is 0. The minimum atomic E-state index is -0.292. The van der Waals surface area contributed by atoms with Crippen molar-refractivity contribution in [1.29, 1.82) is 0 Å². The van der Waals surface area contributed by atoms with Gasteiger partial charge in [0.1, 0.15) is 11.3 Å². The monoisotopic (exact) mass is 430 g/mol. The van der Waals surface area contributed by atoms with Gasteiger partial charge in [-0.05, 0) is 66.6 Å². The Balaban J connectivity index is 1.95. The van der Waals surface area contributed by atoms with Gasteiger partial charge in [0, 0.05) is 26.3 Å². The number of fused-ring (bicyclic) bond motifs is 2. The van der Waals surface area contributed by atoms with Crippen molar-refractivity contribution in [3.05, 3.63) is 74.7 Å². The summed E-state index contributed by atoms with van der Waals surface area (Å²) in [4.78, 5) is 9.32. The average molecular weight is 430 g/mol. The van der Waals surface area contributed by atoms with Crippen LogP contribution in [-0.4, -0.2) is 16.2 Å². The van der Waals surface area contributed by atoms with E-state index in [1.807, 2.05) is 12.1 Å². The van der Waals surface area contributed by atoms with Crippen LogP contribution in [-0.2, 0) is 6.42 Å². The standard InChI is InChI=1S/C20H16FIN2/c1-20(2)10-15-14(6-4-8-17(15)22)18(24-20)13-9-12-5-3-7-16(21)19(12)23-11-13/h3-9,11H,10H2,1-2H3. The maximum absolute atomic E-state index is 13.9. The second-order valence-corrected chi connectivity index (χ2v) is 7.91. The lowest BCUT2D eigenvalue weighted by atomic mass is 9.85. The molecule has 1 aliphatic heterocycles. The van der Waals surface area contributed by atoms with E-state index in [0.717, 1.165) is 28.6 Å². The fourth-order valence-corrected chi connectivity index (χ4v) is 3.96. The van der Waals surface area contributed by atoms with E-state index >= 15 is 0 Å². The fourth-order valence-electron chi connectivity index (χ4n) is 3.27. The summed E-state index contributed by atoms with van der Waals surface area (Å²) in [6, 6.07) is 13.3. The zero-order valence-electron chi connectivity index (χ0n) is 13.5. The number of aromatic nitrogens is 1. The lowest BCUT2D eigenvalue weighted by molar-refractivity contribution is 0.512. The Labute approximate surface area is 154 Å². The van der Waals surface area contributed by atoms with Gasteiger partial charge in [-0.1, -0.05) is 24.3 Å². The molecular weight excluding hydrogens is 414 g/mol. The first kappa shape index (κ1) is 15.7. The van der Waals surface area contributed by atoms with Crippen molar-refractivity contribution in [2.75, 3.05) is 0 Å². The third-order valence-electron chi connectivity index (χ3n) is 4.33. The van der Waals surface area contributed by atoms with Crippen molar-refractivity contribution >= 4 is 39.2 Å². The van der Waals surface area contributed by atoms with Crippen LogP contribution in [0.3, 0.4) is 0 Å². The Bertz CT molecular complexity index is 992. The van der Waals surface area contributed by atoms with E-state index < -0.39 is 0 Å². The topological polar surface area (TPSA) is 25.2 Å². The van der Waals surface area contributed by atoms with E-state index in [4.69, 9.17) is 4.99 Å². The molecule has 0 unspecified atom stereocenters. The summed E-state index contributed by atoms with van der Waals surface area (Å²) >= 11 is 2.39. The van der Waals surface area contributed by atoms with E-state index in [1.165, 1.54) is 15.2 Å². The van der Waals surface area contributed by atoms with Crippen molar-refractivity contribution in [3.63, 3.8) is 0 Å². The van der Waals surface area contributed by atoms with Gasteiger partial charge >= 0.3 is 0 Å². The summed E-state index contributed by atoms with van der Waals surface area (Å²) < 4.78 is 15.1. The number of benzene rings is 2. The SMILES string of the molecule is CC1(C)Cc2c(I)cccc2C(c2cnc3c(F)cccc3c2)=N1. The van der Waals surface area contributed by atoms with Crippen LogP contribution in [0.25, 0.3) is 10.9 Å².